The second kappa shape index (κ2) is 6.50. The van der Waals surface area contributed by atoms with Crippen molar-refractivity contribution in [2.75, 3.05) is 27.3 Å². The summed E-state index contributed by atoms with van der Waals surface area (Å²) < 4.78 is 10.8. The fourth-order valence-corrected chi connectivity index (χ4v) is 3.02. The molecule has 0 aliphatic carbocycles. The molecule has 1 aliphatic rings. The molecule has 1 aliphatic heterocycles. The zero-order valence-electron chi connectivity index (χ0n) is 13.2. The fraction of sp³-hybridized carbons (Fsp3) is 0.471. The number of ether oxygens (including phenoxy) is 2. The molecule has 2 heterocycles. The molecule has 22 heavy (non-hydrogen) atoms. The molecule has 0 atom stereocenters. The second-order valence-electron chi connectivity index (χ2n) is 5.81. The van der Waals surface area contributed by atoms with Crippen LogP contribution in [0.3, 0.4) is 0 Å². The first-order valence-corrected chi connectivity index (χ1v) is 7.69. The average Bonchev–Trinajstić information content (AvgIpc) is 2.56. The van der Waals surface area contributed by atoms with Gasteiger partial charge in [-0.3, -0.25) is 9.88 Å². The Kier molecular flexibility index (Phi) is 4.45. The normalized spacial score (nSPS) is 16.9. The SMILES string of the molecule is COc1cc2nccc(CN3CCC(N)CC3)c2cc1OC. The lowest BCUT2D eigenvalue weighted by Gasteiger charge is -2.30. The summed E-state index contributed by atoms with van der Waals surface area (Å²) in [4.78, 5) is 6.91. The van der Waals surface area contributed by atoms with Crippen LogP contribution in [-0.2, 0) is 6.54 Å². The van der Waals surface area contributed by atoms with Crippen molar-refractivity contribution >= 4 is 10.9 Å². The van der Waals surface area contributed by atoms with Gasteiger partial charge in [0.2, 0.25) is 0 Å². The number of hydrogen-bond donors (Lipinski definition) is 1. The zero-order chi connectivity index (χ0) is 15.5. The molecule has 5 nitrogen and oxygen atoms in total. The number of nitrogens with two attached hydrogens (primary N) is 1. The van der Waals surface area contributed by atoms with Gasteiger partial charge in [0, 0.05) is 30.2 Å². The maximum absolute atomic E-state index is 5.98. The minimum absolute atomic E-state index is 0.356. The Morgan fingerprint density at radius 2 is 1.86 bits per heavy atom. The molecular formula is C17H23N3O2. The molecule has 0 amide bonds. The molecule has 3 rings (SSSR count). The van der Waals surface area contributed by atoms with Gasteiger partial charge in [-0.25, -0.2) is 0 Å². The predicted molar refractivity (Wildman–Crippen MR) is 87.3 cm³/mol. The highest BCUT2D eigenvalue weighted by atomic mass is 16.5. The number of aromatic nitrogens is 1. The van der Waals surface area contributed by atoms with Gasteiger partial charge in [-0.2, -0.15) is 0 Å². The lowest BCUT2D eigenvalue weighted by molar-refractivity contribution is 0.206. The van der Waals surface area contributed by atoms with Gasteiger partial charge in [-0.1, -0.05) is 0 Å². The molecule has 1 saturated heterocycles. The number of methoxy groups -OCH3 is 2. The third-order valence-electron chi connectivity index (χ3n) is 4.36. The van der Waals surface area contributed by atoms with Crippen molar-refractivity contribution in [2.45, 2.75) is 25.4 Å². The Balaban J connectivity index is 1.92. The van der Waals surface area contributed by atoms with Crippen LogP contribution < -0.4 is 15.2 Å². The van der Waals surface area contributed by atoms with E-state index in [0.29, 0.717) is 11.8 Å². The Morgan fingerprint density at radius 1 is 1.18 bits per heavy atom. The number of piperidine rings is 1. The van der Waals surface area contributed by atoms with Crippen molar-refractivity contribution in [3.8, 4) is 11.5 Å². The van der Waals surface area contributed by atoms with Crippen LogP contribution in [0.15, 0.2) is 24.4 Å². The number of benzene rings is 1. The largest absolute Gasteiger partial charge is 0.493 e. The van der Waals surface area contributed by atoms with Gasteiger partial charge in [0.25, 0.3) is 0 Å². The molecule has 0 saturated carbocycles. The maximum atomic E-state index is 5.98. The predicted octanol–water partition coefficient (Wildman–Crippen LogP) is 2.18. The van der Waals surface area contributed by atoms with Crippen molar-refractivity contribution in [3.05, 3.63) is 30.0 Å². The maximum Gasteiger partial charge on any atom is 0.162 e. The first-order valence-electron chi connectivity index (χ1n) is 7.69. The summed E-state index contributed by atoms with van der Waals surface area (Å²) in [6.45, 7) is 3.03. The summed E-state index contributed by atoms with van der Waals surface area (Å²) in [7, 11) is 3.30. The Morgan fingerprint density at radius 3 is 2.55 bits per heavy atom. The quantitative estimate of drug-likeness (QED) is 0.938. The molecule has 2 aromatic rings. The summed E-state index contributed by atoms with van der Waals surface area (Å²) in [5.74, 6) is 1.45. The van der Waals surface area contributed by atoms with E-state index in [2.05, 4.69) is 16.0 Å². The Hall–Kier alpha value is -1.85. The standard InChI is InChI=1S/C17H23N3O2/c1-21-16-9-14-12(11-20-7-4-13(18)5-8-20)3-6-19-15(14)10-17(16)22-2/h3,6,9-10,13H,4-5,7-8,11,18H2,1-2H3. The summed E-state index contributed by atoms with van der Waals surface area (Å²) in [5.41, 5.74) is 8.18. The molecule has 1 fully saturated rings. The van der Waals surface area contributed by atoms with E-state index in [1.807, 2.05) is 18.3 Å². The average molecular weight is 301 g/mol. The third-order valence-corrected chi connectivity index (χ3v) is 4.36. The highest BCUT2D eigenvalue weighted by Gasteiger charge is 2.17. The van der Waals surface area contributed by atoms with E-state index in [1.54, 1.807) is 14.2 Å². The minimum atomic E-state index is 0.356. The van der Waals surface area contributed by atoms with Gasteiger partial charge >= 0.3 is 0 Å². The van der Waals surface area contributed by atoms with Crippen LogP contribution in [0.2, 0.25) is 0 Å². The number of likely N-dealkylation sites (tertiary alicyclic amines) is 1. The number of pyridine rings is 1. The van der Waals surface area contributed by atoms with Crippen molar-refractivity contribution in [1.82, 2.24) is 9.88 Å². The molecule has 0 unspecified atom stereocenters. The number of fused-ring (bicyclic) bond motifs is 1. The molecule has 1 aromatic carbocycles. The second-order valence-corrected chi connectivity index (χ2v) is 5.81. The lowest BCUT2D eigenvalue weighted by atomic mass is 10.0. The van der Waals surface area contributed by atoms with Crippen molar-refractivity contribution in [2.24, 2.45) is 5.73 Å². The van der Waals surface area contributed by atoms with Gasteiger partial charge in [-0.15, -0.1) is 0 Å². The van der Waals surface area contributed by atoms with Crippen LogP contribution in [0.25, 0.3) is 10.9 Å². The monoisotopic (exact) mass is 301 g/mol. The molecule has 118 valence electrons. The van der Waals surface area contributed by atoms with Gasteiger partial charge in [0.15, 0.2) is 11.5 Å². The highest BCUT2D eigenvalue weighted by Crippen LogP contribution is 2.33. The van der Waals surface area contributed by atoms with Crippen LogP contribution in [0.1, 0.15) is 18.4 Å². The topological polar surface area (TPSA) is 60.6 Å². The van der Waals surface area contributed by atoms with Crippen molar-refractivity contribution in [1.29, 1.82) is 0 Å². The fourth-order valence-electron chi connectivity index (χ4n) is 3.02. The summed E-state index contributed by atoms with van der Waals surface area (Å²) in [5, 5.41) is 1.12. The number of nitrogens with zero attached hydrogens (tertiary/aromatic N) is 2. The van der Waals surface area contributed by atoms with Gasteiger partial charge < -0.3 is 15.2 Å². The molecule has 5 heteroatoms. The van der Waals surface area contributed by atoms with E-state index in [9.17, 15) is 0 Å². The molecular weight excluding hydrogens is 278 g/mol. The van der Waals surface area contributed by atoms with Crippen LogP contribution >= 0.6 is 0 Å². The van der Waals surface area contributed by atoms with E-state index >= 15 is 0 Å². The number of hydrogen-bond acceptors (Lipinski definition) is 5. The smallest absolute Gasteiger partial charge is 0.162 e. The van der Waals surface area contributed by atoms with E-state index in [4.69, 9.17) is 15.2 Å². The lowest BCUT2D eigenvalue weighted by Crippen LogP contribution is -2.39. The zero-order valence-corrected chi connectivity index (χ0v) is 13.2. The van der Waals surface area contributed by atoms with Crippen LogP contribution in [0, 0.1) is 0 Å². The first-order chi connectivity index (χ1) is 10.7. The van der Waals surface area contributed by atoms with Gasteiger partial charge in [0.1, 0.15) is 0 Å². The van der Waals surface area contributed by atoms with Crippen molar-refractivity contribution < 1.29 is 9.47 Å². The third kappa shape index (κ3) is 3.00. The summed E-state index contributed by atoms with van der Waals surface area (Å²) in [6.07, 6.45) is 4.00. The van der Waals surface area contributed by atoms with Crippen LogP contribution in [0.4, 0.5) is 0 Å². The van der Waals surface area contributed by atoms with E-state index in [0.717, 1.165) is 49.1 Å². The molecule has 1 aromatic heterocycles. The van der Waals surface area contributed by atoms with Crippen molar-refractivity contribution in [3.63, 3.8) is 0 Å². The van der Waals surface area contributed by atoms with Crippen LogP contribution in [-0.4, -0.2) is 43.2 Å². The Bertz CT molecular complexity index is 652. The molecule has 2 N–H and O–H groups in total. The van der Waals surface area contributed by atoms with E-state index in [1.165, 1.54) is 5.56 Å². The molecule has 0 bridgehead atoms. The van der Waals surface area contributed by atoms with Gasteiger partial charge in [-0.05, 0) is 43.6 Å². The minimum Gasteiger partial charge on any atom is -0.493 e. The van der Waals surface area contributed by atoms with E-state index in [-0.39, 0.29) is 0 Å². The van der Waals surface area contributed by atoms with E-state index < -0.39 is 0 Å². The highest BCUT2D eigenvalue weighted by molar-refractivity contribution is 5.85. The summed E-state index contributed by atoms with van der Waals surface area (Å²) in [6, 6.07) is 6.40. The molecule has 0 radical (unpaired) electrons. The Labute approximate surface area is 131 Å². The molecule has 0 spiro atoms. The van der Waals surface area contributed by atoms with Gasteiger partial charge in [0.05, 0.1) is 19.7 Å². The number of rotatable bonds is 4. The summed E-state index contributed by atoms with van der Waals surface area (Å²) >= 11 is 0. The first kappa shape index (κ1) is 15.1. The van der Waals surface area contributed by atoms with Crippen LogP contribution in [0.5, 0.6) is 11.5 Å².